The van der Waals surface area contributed by atoms with E-state index in [4.69, 9.17) is 0 Å². The van der Waals surface area contributed by atoms with Gasteiger partial charge in [-0.2, -0.15) is 0 Å². The number of Topliss-reactive ketones (excluding diaryl/α,β-unsaturated/α-hetero) is 1. The molecule has 90 valence electrons. The summed E-state index contributed by atoms with van der Waals surface area (Å²) >= 11 is 0. The molecule has 0 bridgehead atoms. The number of rotatable bonds is 4. The first-order valence-corrected chi connectivity index (χ1v) is 6.65. The van der Waals surface area contributed by atoms with E-state index in [9.17, 15) is 4.79 Å². The highest BCUT2D eigenvalue weighted by atomic mass is 16.1. The molecule has 2 aliphatic rings. The molecule has 1 saturated carbocycles. The molecule has 3 unspecified atom stereocenters. The predicted molar refractivity (Wildman–Crippen MR) is 67.2 cm³/mol. The Morgan fingerprint density at radius 1 is 1.56 bits per heavy atom. The van der Waals surface area contributed by atoms with Crippen LogP contribution >= 0.6 is 0 Å². The first-order chi connectivity index (χ1) is 7.45. The molecule has 16 heavy (non-hydrogen) atoms. The van der Waals surface area contributed by atoms with Crippen LogP contribution in [0.3, 0.4) is 0 Å². The molecule has 3 atom stereocenters. The van der Waals surface area contributed by atoms with Gasteiger partial charge in [0.2, 0.25) is 0 Å². The van der Waals surface area contributed by atoms with E-state index >= 15 is 0 Å². The average Bonchev–Trinajstić information content (AvgIpc) is 2.78. The van der Waals surface area contributed by atoms with E-state index in [0.717, 1.165) is 24.7 Å². The Hall–Kier alpha value is -0.590. The quantitative estimate of drug-likeness (QED) is 0.655. The van der Waals surface area contributed by atoms with Crippen molar-refractivity contribution in [2.75, 3.05) is 0 Å². The Morgan fingerprint density at radius 3 is 2.81 bits per heavy atom. The van der Waals surface area contributed by atoms with E-state index < -0.39 is 0 Å². The first kappa shape index (κ1) is 11.9. The zero-order valence-electron chi connectivity index (χ0n) is 11.0. The van der Waals surface area contributed by atoms with Crippen LogP contribution in [0.2, 0.25) is 0 Å². The molecule has 0 aromatic carbocycles. The highest BCUT2D eigenvalue weighted by Crippen LogP contribution is 2.66. The summed E-state index contributed by atoms with van der Waals surface area (Å²) in [5.74, 6) is 2.62. The molecule has 1 heteroatoms. The maximum atomic E-state index is 11.0. The molecule has 0 saturated heterocycles. The molecule has 0 radical (unpaired) electrons. The molecular weight excluding hydrogens is 196 g/mol. The first-order valence-electron chi connectivity index (χ1n) is 6.65. The minimum Gasteiger partial charge on any atom is -0.300 e. The Kier molecular flexibility index (Phi) is 2.98. The van der Waals surface area contributed by atoms with Crippen molar-refractivity contribution in [2.24, 2.45) is 23.2 Å². The lowest BCUT2D eigenvalue weighted by Gasteiger charge is -2.20. The highest BCUT2D eigenvalue weighted by molar-refractivity contribution is 5.75. The Labute approximate surface area is 99.3 Å². The monoisotopic (exact) mass is 220 g/mol. The van der Waals surface area contributed by atoms with Crippen LogP contribution in [-0.4, -0.2) is 5.78 Å². The van der Waals surface area contributed by atoms with Crippen LogP contribution in [0.15, 0.2) is 11.6 Å². The standard InChI is InChI=1S/C15H24O/c1-10(2)12-7-8-15(4)13(14(15)9-12)6-5-11(3)16/h9-10,13-14H,5-8H2,1-4H3. The summed E-state index contributed by atoms with van der Waals surface area (Å²) in [4.78, 5) is 11.0. The lowest BCUT2D eigenvalue weighted by Crippen LogP contribution is -2.08. The van der Waals surface area contributed by atoms with Gasteiger partial charge in [0, 0.05) is 6.42 Å². The van der Waals surface area contributed by atoms with Crippen LogP contribution in [-0.2, 0) is 4.79 Å². The largest absolute Gasteiger partial charge is 0.300 e. The number of allylic oxidation sites excluding steroid dienone is 2. The summed E-state index contributed by atoms with van der Waals surface area (Å²) in [5, 5.41) is 0. The van der Waals surface area contributed by atoms with Gasteiger partial charge in [-0.1, -0.05) is 32.4 Å². The molecule has 1 fully saturated rings. The maximum absolute atomic E-state index is 11.0. The summed E-state index contributed by atoms with van der Waals surface area (Å²) in [5.41, 5.74) is 2.18. The van der Waals surface area contributed by atoms with Crippen LogP contribution in [0.1, 0.15) is 53.4 Å². The van der Waals surface area contributed by atoms with Crippen molar-refractivity contribution < 1.29 is 4.79 Å². The smallest absolute Gasteiger partial charge is 0.129 e. The second-order valence-corrected chi connectivity index (χ2v) is 6.28. The Balaban J connectivity index is 1.99. The summed E-state index contributed by atoms with van der Waals surface area (Å²) in [7, 11) is 0. The van der Waals surface area contributed by atoms with Crippen molar-refractivity contribution in [3.05, 3.63) is 11.6 Å². The third-order valence-electron chi connectivity index (χ3n) is 4.83. The van der Waals surface area contributed by atoms with Crippen molar-refractivity contribution in [3.63, 3.8) is 0 Å². The number of hydrogen-bond donors (Lipinski definition) is 0. The van der Waals surface area contributed by atoms with Crippen molar-refractivity contribution >= 4 is 5.78 Å². The molecule has 2 rings (SSSR count). The normalized spacial score (nSPS) is 36.9. The second-order valence-electron chi connectivity index (χ2n) is 6.28. The van der Waals surface area contributed by atoms with Gasteiger partial charge in [-0.25, -0.2) is 0 Å². The Bertz CT molecular complexity index is 326. The van der Waals surface area contributed by atoms with E-state index in [1.807, 2.05) is 0 Å². The number of fused-ring (bicyclic) bond motifs is 1. The summed E-state index contributed by atoms with van der Waals surface area (Å²) in [6.45, 7) is 8.71. The number of hydrogen-bond acceptors (Lipinski definition) is 1. The maximum Gasteiger partial charge on any atom is 0.129 e. The van der Waals surface area contributed by atoms with Gasteiger partial charge >= 0.3 is 0 Å². The molecule has 0 aliphatic heterocycles. The number of carbonyl (C=O) groups is 1. The van der Waals surface area contributed by atoms with Gasteiger partial charge in [-0.15, -0.1) is 0 Å². The molecule has 0 spiro atoms. The predicted octanol–water partition coefficient (Wildman–Crippen LogP) is 3.98. The van der Waals surface area contributed by atoms with Crippen LogP contribution in [0.5, 0.6) is 0 Å². The van der Waals surface area contributed by atoms with Gasteiger partial charge in [0.05, 0.1) is 0 Å². The van der Waals surface area contributed by atoms with E-state index in [2.05, 4.69) is 26.8 Å². The third-order valence-corrected chi connectivity index (χ3v) is 4.83. The van der Waals surface area contributed by atoms with Gasteiger partial charge < -0.3 is 4.79 Å². The fourth-order valence-corrected chi connectivity index (χ4v) is 3.43. The van der Waals surface area contributed by atoms with E-state index in [1.54, 1.807) is 12.5 Å². The summed E-state index contributed by atoms with van der Waals surface area (Å²) in [6, 6.07) is 0. The average molecular weight is 220 g/mol. The van der Waals surface area contributed by atoms with Crippen LogP contribution in [0, 0.1) is 23.2 Å². The van der Waals surface area contributed by atoms with Gasteiger partial charge in [0.25, 0.3) is 0 Å². The van der Waals surface area contributed by atoms with E-state index in [1.165, 1.54) is 12.8 Å². The SMILES string of the molecule is CC(=O)CCC1C2C=C(C(C)C)CCC21C. The van der Waals surface area contributed by atoms with E-state index in [0.29, 0.717) is 17.1 Å². The minimum absolute atomic E-state index is 0.348. The molecular formula is C15H24O. The molecule has 0 heterocycles. The van der Waals surface area contributed by atoms with Gasteiger partial charge in [-0.05, 0) is 49.4 Å². The Morgan fingerprint density at radius 2 is 2.25 bits per heavy atom. The molecule has 0 aromatic heterocycles. The molecule has 0 aromatic rings. The van der Waals surface area contributed by atoms with Crippen LogP contribution < -0.4 is 0 Å². The van der Waals surface area contributed by atoms with Crippen molar-refractivity contribution in [1.29, 1.82) is 0 Å². The van der Waals surface area contributed by atoms with Crippen molar-refractivity contribution in [3.8, 4) is 0 Å². The highest BCUT2D eigenvalue weighted by Gasteiger charge is 2.59. The van der Waals surface area contributed by atoms with Crippen LogP contribution in [0.25, 0.3) is 0 Å². The van der Waals surface area contributed by atoms with Gasteiger partial charge in [-0.3, -0.25) is 0 Å². The number of carbonyl (C=O) groups excluding carboxylic acids is 1. The summed E-state index contributed by atoms with van der Waals surface area (Å²) in [6.07, 6.45) is 7.03. The molecule has 0 N–H and O–H groups in total. The van der Waals surface area contributed by atoms with Crippen molar-refractivity contribution in [1.82, 2.24) is 0 Å². The van der Waals surface area contributed by atoms with Gasteiger partial charge in [0.15, 0.2) is 0 Å². The lowest BCUT2D eigenvalue weighted by atomic mass is 9.85. The fraction of sp³-hybridized carbons (Fsp3) is 0.800. The molecule has 1 nitrogen and oxygen atoms in total. The second kappa shape index (κ2) is 4.01. The van der Waals surface area contributed by atoms with Gasteiger partial charge in [0.1, 0.15) is 5.78 Å². The van der Waals surface area contributed by atoms with Crippen molar-refractivity contribution in [2.45, 2.75) is 53.4 Å². The fourth-order valence-electron chi connectivity index (χ4n) is 3.43. The zero-order chi connectivity index (χ0) is 11.9. The third kappa shape index (κ3) is 1.97. The van der Waals surface area contributed by atoms with Crippen LogP contribution in [0.4, 0.5) is 0 Å². The molecule has 0 amide bonds. The zero-order valence-corrected chi connectivity index (χ0v) is 11.0. The number of ketones is 1. The summed E-state index contributed by atoms with van der Waals surface area (Å²) < 4.78 is 0. The van der Waals surface area contributed by atoms with E-state index in [-0.39, 0.29) is 0 Å². The lowest BCUT2D eigenvalue weighted by molar-refractivity contribution is -0.117. The molecule has 2 aliphatic carbocycles. The minimum atomic E-state index is 0.348. The topological polar surface area (TPSA) is 17.1 Å².